The molecule has 1 aromatic heterocycles. The molecule has 2 fully saturated rings. The van der Waals surface area contributed by atoms with Gasteiger partial charge in [-0.05, 0) is 12.1 Å². The largest absolute Gasteiger partial charge is 0.465 e. The standard InChI is InChI=1S/C15H14N4O3.ClH/c20-14(18-6-10-9-22-15(21)12(10)7-18)13-8-19(17-16-13)11-4-2-1-3-5-11;/h1-5,8,10,12H,6-7,9H2;1H/t10-,12-;/m1./s1. The first-order valence-electron chi connectivity index (χ1n) is 7.16. The Morgan fingerprint density at radius 2 is 2.00 bits per heavy atom. The molecule has 2 aliphatic rings. The Morgan fingerprint density at radius 1 is 1.22 bits per heavy atom. The highest BCUT2D eigenvalue weighted by atomic mass is 35.5. The number of benzene rings is 1. The maximum atomic E-state index is 12.5. The molecule has 1 aromatic carbocycles. The number of nitrogens with zero attached hydrogens (tertiary/aromatic N) is 4. The fraction of sp³-hybridized carbons (Fsp3) is 0.333. The molecule has 2 atom stereocenters. The average molecular weight is 335 g/mol. The first-order valence-corrected chi connectivity index (χ1v) is 7.16. The first-order chi connectivity index (χ1) is 10.7. The smallest absolute Gasteiger partial charge is 0.311 e. The summed E-state index contributed by atoms with van der Waals surface area (Å²) in [6.45, 7) is 1.35. The summed E-state index contributed by atoms with van der Waals surface area (Å²) >= 11 is 0. The summed E-state index contributed by atoms with van der Waals surface area (Å²) in [5.74, 6) is -0.466. The van der Waals surface area contributed by atoms with E-state index in [0.717, 1.165) is 5.69 Å². The van der Waals surface area contributed by atoms with Gasteiger partial charge in [-0.2, -0.15) is 0 Å². The summed E-state index contributed by atoms with van der Waals surface area (Å²) in [4.78, 5) is 25.7. The number of halogens is 1. The second-order valence-corrected chi connectivity index (χ2v) is 5.59. The van der Waals surface area contributed by atoms with Crippen molar-refractivity contribution in [3.8, 4) is 5.69 Å². The maximum Gasteiger partial charge on any atom is 0.311 e. The van der Waals surface area contributed by atoms with Crippen molar-refractivity contribution in [2.75, 3.05) is 19.7 Å². The average Bonchev–Trinajstić information content (AvgIpc) is 3.25. The number of para-hydroxylation sites is 1. The zero-order valence-electron chi connectivity index (χ0n) is 12.2. The molecule has 23 heavy (non-hydrogen) atoms. The number of ether oxygens (including phenoxy) is 1. The van der Waals surface area contributed by atoms with Gasteiger partial charge in [0.25, 0.3) is 5.91 Å². The molecule has 4 rings (SSSR count). The van der Waals surface area contributed by atoms with Crippen LogP contribution in [-0.4, -0.2) is 51.5 Å². The molecule has 120 valence electrons. The van der Waals surface area contributed by atoms with Gasteiger partial charge < -0.3 is 9.64 Å². The van der Waals surface area contributed by atoms with Gasteiger partial charge in [-0.15, -0.1) is 17.5 Å². The number of amides is 1. The van der Waals surface area contributed by atoms with Crippen molar-refractivity contribution in [1.82, 2.24) is 19.9 Å². The zero-order chi connectivity index (χ0) is 15.1. The molecule has 2 saturated heterocycles. The molecule has 0 bridgehead atoms. The third-order valence-electron chi connectivity index (χ3n) is 4.20. The summed E-state index contributed by atoms with van der Waals surface area (Å²) in [6.07, 6.45) is 1.62. The summed E-state index contributed by atoms with van der Waals surface area (Å²) < 4.78 is 6.57. The highest BCUT2D eigenvalue weighted by Crippen LogP contribution is 2.30. The van der Waals surface area contributed by atoms with Crippen molar-refractivity contribution in [2.45, 2.75) is 0 Å². The van der Waals surface area contributed by atoms with Crippen LogP contribution in [0.2, 0.25) is 0 Å². The molecule has 3 heterocycles. The van der Waals surface area contributed by atoms with Crippen molar-refractivity contribution in [3.05, 3.63) is 42.2 Å². The van der Waals surface area contributed by atoms with Crippen LogP contribution in [0.4, 0.5) is 0 Å². The van der Waals surface area contributed by atoms with E-state index in [-0.39, 0.29) is 41.8 Å². The van der Waals surface area contributed by atoms with Gasteiger partial charge in [0.15, 0.2) is 5.69 Å². The Balaban J connectivity index is 0.00000156. The number of carbonyl (C=O) groups is 2. The summed E-state index contributed by atoms with van der Waals surface area (Å²) in [5.41, 5.74) is 1.13. The normalized spacial score (nSPS) is 22.4. The van der Waals surface area contributed by atoms with Crippen molar-refractivity contribution in [1.29, 1.82) is 0 Å². The number of cyclic esters (lactones) is 1. The van der Waals surface area contributed by atoms with Gasteiger partial charge >= 0.3 is 5.97 Å². The van der Waals surface area contributed by atoms with Gasteiger partial charge in [-0.1, -0.05) is 23.4 Å². The van der Waals surface area contributed by atoms with Gasteiger partial charge in [0.05, 0.1) is 24.4 Å². The van der Waals surface area contributed by atoms with Gasteiger partial charge in [0.1, 0.15) is 0 Å². The molecule has 0 radical (unpaired) electrons. The van der Waals surface area contributed by atoms with E-state index in [4.69, 9.17) is 4.74 Å². The monoisotopic (exact) mass is 334 g/mol. The van der Waals surface area contributed by atoms with Crippen molar-refractivity contribution in [2.24, 2.45) is 11.8 Å². The van der Waals surface area contributed by atoms with E-state index in [9.17, 15) is 9.59 Å². The van der Waals surface area contributed by atoms with E-state index < -0.39 is 0 Å². The number of aromatic nitrogens is 3. The van der Waals surface area contributed by atoms with Gasteiger partial charge in [0, 0.05) is 19.0 Å². The third kappa shape index (κ3) is 2.68. The SMILES string of the molecule is Cl.O=C1OC[C@H]2CN(C(=O)c3cn(-c4ccccc4)nn3)C[C@@H]12. The van der Waals surface area contributed by atoms with Crippen LogP contribution >= 0.6 is 12.4 Å². The summed E-state index contributed by atoms with van der Waals surface area (Å²) in [7, 11) is 0. The Hall–Kier alpha value is -2.41. The number of rotatable bonds is 2. The van der Waals surface area contributed by atoms with E-state index >= 15 is 0 Å². The lowest BCUT2D eigenvalue weighted by Gasteiger charge is -2.15. The molecule has 0 aliphatic carbocycles. The molecule has 0 N–H and O–H groups in total. The van der Waals surface area contributed by atoms with Crippen LogP contribution in [0, 0.1) is 11.8 Å². The third-order valence-corrected chi connectivity index (χ3v) is 4.20. The predicted molar refractivity (Wildman–Crippen MR) is 82.4 cm³/mol. The molecule has 0 unspecified atom stereocenters. The topological polar surface area (TPSA) is 77.3 Å². The lowest BCUT2D eigenvalue weighted by Crippen LogP contribution is -2.31. The van der Waals surface area contributed by atoms with Crippen LogP contribution in [0.3, 0.4) is 0 Å². The Morgan fingerprint density at radius 3 is 2.74 bits per heavy atom. The van der Waals surface area contributed by atoms with Gasteiger partial charge in [-0.3, -0.25) is 9.59 Å². The first kappa shape index (κ1) is 15.5. The predicted octanol–water partition coefficient (Wildman–Crippen LogP) is 0.934. The number of likely N-dealkylation sites (tertiary alicyclic amines) is 1. The molecular formula is C15H15ClN4O3. The Kier molecular flexibility index (Phi) is 4.04. The highest BCUT2D eigenvalue weighted by Gasteiger charge is 2.45. The number of carbonyl (C=O) groups excluding carboxylic acids is 2. The van der Waals surface area contributed by atoms with Crippen LogP contribution in [0.5, 0.6) is 0 Å². The molecule has 2 aliphatic heterocycles. The van der Waals surface area contributed by atoms with E-state index in [1.165, 1.54) is 0 Å². The minimum absolute atomic E-state index is 0. The fourth-order valence-electron chi connectivity index (χ4n) is 3.00. The summed E-state index contributed by atoms with van der Waals surface area (Å²) in [6, 6.07) is 9.48. The number of esters is 1. The van der Waals surface area contributed by atoms with Crippen molar-refractivity contribution in [3.63, 3.8) is 0 Å². The van der Waals surface area contributed by atoms with Crippen molar-refractivity contribution >= 4 is 24.3 Å². The van der Waals surface area contributed by atoms with Crippen molar-refractivity contribution < 1.29 is 14.3 Å². The van der Waals surface area contributed by atoms with Crippen LogP contribution in [0.1, 0.15) is 10.5 Å². The quantitative estimate of drug-likeness (QED) is 0.764. The van der Waals surface area contributed by atoms with E-state index in [1.54, 1.807) is 15.8 Å². The second kappa shape index (κ2) is 6.00. The van der Waals surface area contributed by atoms with E-state index in [0.29, 0.717) is 19.7 Å². The molecule has 7 nitrogen and oxygen atoms in total. The second-order valence-electron chi connectivity index (χ2n) is 5.59. The molecule has 0 saturated carbocycles. The van der Waals surface area contributed by atoms with E-state index in [1.807, 2.05) is 30.3 Å². The maximum absolute atomic E-state index is 12.5. The highest BCUT2D eigenvalue weighted by molar-refractivity contribution is 5.93. The Bertz CT molecular complexity index is 733. The molecule has 1 amide bonds. The van der Waals surface area contributed by atoms with Crippen LogP contribution in [0.25, 0.3) is 5.69 Å². The van der Waals surface area contributed by atoms with Crippen LogP contribution < -0.4 is 0 Å². The zero-order valence-corrected chi connectivity index (χ0v) is 13.0. The van der Waals surface area contributed by atoms with E-state index in [2.05, 4.69) is 10.3 Å². The Labute approximate surface area is 138 Å². The number of fused-ring (bicyclic) bond motifs is 1. The molecule has 0 spiro atoms. The lowest BCUT2D eigenvalue weighted by molar-refractivity contribution is -0.141. The molecule has 2 aromatic rings. The summed E-state index contributed by atoms with van der Waals surface area (Å²) in [5, 5.41) is 7.95. The van der Waals surface area contributed by atoms with Gasteiger partial charge in [0.2, 0.25) is 0 Å². The van der Waals surface area contributed by atoms with Crippen LogP contribution in [-0.2, 0) is 9.53 Å². The van der Waals surface area contributed by atoms with Crippen LogP contribution in [0.15, 0.2) is 36.5 Å². The van der Waals surface area contributed by atoms with Gasteiger partial charge in [-0.25, -0.2) is 4.68 Å². The minimum atomic E-state index is -0.201. The molecular weight excluding hydrogens is 320 g/mol. The number of hydrogen-bond donors (Lipinski definition) is 0. The number of hydrogen-bond acceptors (Lipinski definition) is 5. The fourth-order valence-corrected chi connectivity index (χ4v) is 3.00. The minimum Gasteiger partial charge on any atom is -0.465 e. The molecule has 8 heteroatoms. The lowest BCUT2D eigenvalue weighted by atomic mass is 10.0.